The fourth-order valence-corrected chi connectivity index (χ4v) is 2.77. The first-order valence-electron chi connectivity index (χ1n) is 6.53. The molecule has 106 valence electrons. The Balaban J connectivity index is 2.41. The lowest BCUT2D eigenvalue weighted by molar-refractivity contribution is -0.117. The summed E-state index contributed by atoms with van der Waals surface area (Å²) in [6.45, 7) is 8.16. The van der Waals surface area contributed by atoms with Crippen LogP contribution in [0.4, 0.5) is 0 Å². The van der Waals surface area contributed by atoms with Crippen molar-refractivity contribution in [1.82, 2.24) is 5.32 Å². The van der Waals surface area contributed by atoms with Gasteiger partial charge in [-0.05, 0) is 44.4 Å². The van der Waals surface area contributed by atoms with Gasteiger partial charge >= 0.3 is 0 Å². The predicted octanol–water partition coefficient (Wildman–Crippen LogP) is 2.98. The molecule has 1 aromatic heterocycles. The molecule has 0 saturated heterocycles. The molecule has 0 aromatic carbocycles. The van der Waals surface area contributed by atoms with Gasteiger partial charge in [0.1, 0.15) is 0 Å². The molecular weight excluding hydrogens is 258 g/mol. The van der Waals surface area contributed by atoms with Crippen LogP contribution in [0.25, 0.3) is 6.08 Å². The van der Waals surface area contributed by atoms with Crippen LogP contribution < -0.4 is 5.32 Å². The predicted molar refractivity (Wildman–Crippen MR) is 81.2 cm³/mol. The maximum atomic E-state index is 11.7. The van der Waals surface area contributed by atoms with E-state index in [1.54, 1.807) is 24.3 Å². The van der Waals surface area contributed by atoms with Crippen LogP contribution in [0, 0.1) is 12.8 Å². The van der Waals surface area contributed by atoms with Gasteiger partial charge in [0.15, 0.2) is 0 Å². The third-order valence-corrected chi connectivity index (χ3v) is 3.62. The van der Waals surface area contributed by atoms with Gasteiger partial charge in [-0.15, -0.1) is 11.3 Å². The maximum Gasteiger partial charge on any atom is 0.244 e. The minimum atomic E-state index is -0.850. The summed E-state index contributed by atoms with van der Waals surface area (Å²) < 4.78 is 0. The Kier molecular flexibility index (Phi) is 5.76. The third kappa shape index (κ3) is 6.55. The standard InChI is InChI=1S/C15H23NO2S/c1-11(2)9-15(4,18)10-16-14(17)8-7-13-6-5-12(3)19-13/h5-8,11,18H,9-10H2,1-4H3,(H,16,17). The number of carbonyl (C=O) groups excluding carboxylic acids is 1. The molecule has 1 heterocycles. The highest BCUT2D eigenvalue weighted by atomic mass is 32.1. The summed E-state index contributed by atoms with van der Waals surface area (Å²) in [6, 6.07) is 4.01. The van der Waals surface area contributed by atoms with Gasteiger partial charge in [-0.1, -0.05) is 13.8 Å². The average molecular weight is 281 g/mol. The van der Waals surface area contributed by atoms with Crippen molar-refractivity contribution in [3.63, 3.8) is 0 Å². The van der Waals surface area contributed by atoms with Crippen molar-refractivity contribution in [2.24, 2.45) is 5.92 Å². The first-order valence-corrected chi connectivity index (χ1v) is 7.35. The number of rotatable bonds is 6. The molecule has 1 aromatic rings. The molecule has 3 nitrogen and oxygen atoms in total. The molecule has 0 aliphatic rings. The summed E-state index contributed by atoms with van der Waals surface area (Å²) in [7, 11) is 0. The Morgan fingerprint density at radius 2 is 2.21 bits per heavy atom. The summed E-state index contributed by atoms with van der Waals surface area (Å²) in [5, 5.41) is 12.8. The van der Waals surface area contributed by atoms with E-state index in [9.17, 15) is 9.90 Å². The van der Waals surface area contributed by atoms with E-state index in [1.165, 1.54) is 11.0 Å². The number of hydrogen-bond donors (Lipinski definition) is 2. The van der Waals surface area contributed by atoms with Crippen molar-refractivity contribution in [3.05, 3.63) is 28.0 Å². The highest BCUT2D eigenvalue weighted by Crippen LogP contribution is 2.17. The van der Waals surface area contributed by atoms with Gasteiger partial charge in [-0.2, -0.15) is 0 Å². The van der Waals surface area contributed by atoms with Crippen LogP contribution in [0.2, 0.25) is 0 Å². The second-order valence-corrected chi connectivity index (χ2v) is 6.91. The zero-order valence-electron chi connectivity index (χ0n) is 12.1. The monoisotopic (exact) mass is 281 g/mol. The number of aryl methyl sites for hydroxylation is 1. The van der Waals surface area contributed by atoms with E-state index < -0.39 is 5.60 Å². The van der Waals surface area contributed by atoms with Crippen LogP contribution in [0.3, 0.4) is 0 Å². The van der Waals surface area contributed by atoms with Crippen molar-refractivity contribution in [2.75, 3.05) is 6.54 Å². The van der Waals surface area contributed by atoms with Crippen molar-refractivity contribution in [3.8, 4) is 0 Å². The first-order chi connectivity index (χ1) is 8.78. The van der Waals surface area contributed by atoms with Crippen LogP contribution in [-0.4, -0.2) is 23.2 Å². The summed E-state index contributed by atoms with van der Waals surface area (Å²) in [5.41, 5.74) is -0.850. The second-order valence-electron chi connectivity index (χ2n) is 5.59. The van der Waals surface area contributed by atoms with Gasteiger partial charge in [0.25, 0.3) is 0 Å². The highest BCUT2D eigenvalue weighted by Gasteiger charge is 2.21. The zero-order valence-corrected chi connectivity index (χ0v) is 12.9. The Morgan fingerprint density at radius 1 is 1.53 bits per heavy atom. The summed E-state index contributed by atoms with van der Waals surface area (Å²) >= 11 is 1.65. The van der Waals surface area contributed by atoms with Crippen LogP contribution in [0.1, 0.15) is 36.9 Å². The van der Waals surface area contributed by atoms with Crippen molar-refractivity contribution >= 4 is 23.3 Å². The lowest BCUT2D eigenvalue weighted by Gasteiger charge is -2.25. The van der Waals surface area contributed by atoms with E-state index in [0.29, 0.717) is 12.3 Å². The SMILES string of the molecule is Cc1ccc(C=CC(=O)NCC(C)(O)CC(C)C)s1. The molecule has 0 fully saturated rings. The van der Waals surface area contributed by atoms with Gasteiger partial charge in [-0.25, -0.2) is 0 Å². The lowest BCUT2D eigenvalue weighted by atomic mass is 9.94. The minimum absolute atomic E-state index is 0.171. The molecule has 19 heavy (non-hydrogen) atoms. The molecule has 0 bridgehead atoms. The van der Waals surface area contributed by atoms with E-state index >= 15 is 0 Å². The normalized spacial score (nSPS) is 14.8. The zero-order chi connectivity index (χ0) is 14.5. The largest absolute Gasteiger partial charge is 0.388 e. The summed E-state index contributed by atoms with van der Waals surface area (Å²) in [6.07, 6.45) is 3.97. The van der Waals surface area contributed by atoms with Crippen molar-refractivity contribution in [2.45, 2.75) is 39.7 Å². The van der Waals surface area contributed by atoms with Gasteiger partial charge in [-0.3, -0.25) is 4.79 Å². The molecule has 1 atom stereocenters. The second kappa shape index (κ2) is 6.87. The Hall–Kier alpha value is -1.13. The molecule has 4 heteroatoms. The molecule has 0 spiro atoms. The van der Waals surface area contributed by atoms with Crippen molar-refractivity contribution < 1.29 is 9.90 Å². The van der Waals surface area contributed by atoms with E-state index in [-0.39, 0.29) is 12.5 Å². The molecule has 1 amide bonds. The minimum Gasteiger partial charge on any atom is -0.388 e. The third-order valence-electron chi connectivity index (χ3n) is 2.65. The van der Waals surface area contributed by atoms with Gasteiger partial charge < -0.3 is 10.4 Å². The molecule has 1 unspecified atom stereocenters. The number of amides is 1. The quantitative estimate of drug-likeness (QED) is 0.788. The van der Waals surface area contributed by atoms with E-state index in [4.69, 9.17) is 0 Å². The summed E-state index contributed by atoms with van der Waals surface area (Å²) in [5.74, 6) is 0.228. The topological polar surface area (TPSA) is 49.3 Å². The summed E-state index contributed by atoms with van der Waals surface area (Å²) in [4.78, 5) is 13.9. The van der Waals surface area contributed by atoms with Crippen LogP contribution in [0.5, 0.6) is 0 Å². The highest BCUT2D eigenvalue weighted by molar-refractivity contribution is 7.12. The number of aliphatic hydroxyl groups is 1. The number of carbonyl (C=O) groups is 1. The Morgan fingerprint density at radius 3 is 2.74 bits per heavy atom. The molecule has 0 radical (unpaired) electrons. The van der Waals surface area contributed by atoms with Crippen LogP contribution in [0.15, 0.2) is 18.2 Å². The fraction of sp³-hybridized carbons (Fsp3) is 0.533. The van der Waals surface area contributed by atoms with Crippen LogP contribution in [-0.2, 0) is 4.79 Å². The van der Waals surface area contributed by atoms with Gasteiger partial charge in [0, 0.05) is 22.4 Å². The Labute approximate surface area is 119 Å². The van der Waals surface area contributed by atoms with E-state index in [0.717, 1.165) is 4.88 Å². The van der Waals surface area contributed by atoms with E-state index in [2.05, 4.69) is 19.2 Å². The smallest absolute Gasteiger partial charge is 0.244 e. The molecular formula is C15H23NO2S. The fourth-order valence-electron chi connectivity index (χ4n) is 1.99. The molecule has 0 aliphatic heterocycles. The van der Waals surface area contributed by atoms with Gasteiger partial charge in [0.05, 0.1) is 5.60 Å². The lowest BCUT2D eigenvalue weighted by Crippen LogP contribution is -2.40. The molecule has 2 N–H and O–H groups in total. The first kappa shape index (κ1) is 15.9. The number of hydrogen-bond acceptors (Lipinski definition) is 3. The molecule has 1 rings (SSSR count). The average Bonchev–Trinajstić information content (AvgIpc) is 2.68. The number of thiophene rings is 1. The maximum absolute atomic E-state index is 11.7. The van der Waals surface area contributed by atoms with E-state index in [1.807, 2.05) is 19.1 Å². The van der Waals surface area contributed by atoms with Gasteiger partial charge in [0.2, 0.25) is 5.91 Å². The van der Waals surface area contributed by atoms with Crippen LogP contribution >= 0.6 is 11.3 Å². The molecule has 0 aliphatic carbocycles. The molecule has 0 saturated carbocycles. The number of nitrogens with one attached hydrogen (secondary N) is 1. The Bertz CT molecular complexity index is 447. The van der Waals surface area contributed by atoms with Crippen molar-refractivity contribution in [1.29, 1.82) is 0 Å².